The third-order valence-electron chi connectivity index (χ3n) is 0.629. The zero-order valence-corrected chi connectivity index (χ0v) is 4.59. The molecule has 2 heteroatoms. The van der Waals surface area contributed by atoms with Gasteiger partial charge in [-0.05, 0) is 6.42 Å². The molecule has 0 rings (SSSR count). The van der Waals surface area contributed by atoms with Crippen LogP contribution in [0.15, 0.2) is 4.99 Å². The molecule has 0 aliphatic rings. The molecule has 0 aromatic carbocycles. The van der Waals surface area contributed by atoms with Crippen LogP contribution in [0.4, 0.5) is 0 Å². The van der Waals surface area contributed by atoms with Crippen molar-refractivity contribution < 1.29 is 5.11 Å². The lowest BCUT2D eigenvalue weighted by molar-refractivity contribution is 0.309. The average Bonchev–Trinajstić information content (AvgIpc) is 1.69. The Kier molecular flexibility index (Phi) is 5.33. The Hall–Kier alpha value is -0.370. The SMILES string of the molecule is CCCC=NCO. The Bertz CT molecular complexity index is 52.0. The van der Waals surface area contributed by atoms with Gasteiger partial charge in [-0.2, -0.15) is 0 Å². The molecule has 0 fully saturated rings. The predicted molar refractivity (Wildman–Crippen MR) is 30.5 cm³/mol. The van der Waals surface area contributed by atoms with Crippen LogP contribution in [0.25, 0.3) is 0 Å². The maximum Gasteiger partial charge on any atom is 0.133 e. The summed E-state index contributed by atoms with van der Waals surface area (Å²) >= 11 is 0. The first-order valence-electron chi connectivity index (χ1n) is 2.51. The third-order valence-corrected chi connectivity index (χ3v) is 0.629. The van der Waals surface area contributed by atoms with Crippen molar-refractivity contribution >= 4 is 6.21 Å². The molecule has 0 unspecified atom stereocenters. The van der Waals surface area contributed by atoms with Crippen molar-refractivity contribution in [1.29, 1.82) is 0 Å². The molecule has 0 bridgehead atoms. The summed E-state index contributed by atoms with van der Waals surface area (Å²) in [6, 6.07) is 0. The monoisotopic (exact) mass is 101 g/mol. The molecular weight excluding hydrogens is 90.1 g/mol. The molecule has 7 heavy (non-hydrogen) atoms. The Morgan fingerprint density at radius 3 is 2.86 bits per heavy atom. The highest BCUT2D eigenvalue weighted by Crippen LogP contribution is 1.78. The van der Waals surface area contributed by atoms with Gasteiger partial charge in [0, 0.05) is 6.21 Å². The average molecular weight is 101 g/mol. The van der Waals surface area contributed by atoms with Crippen molar-refractivity contribution in [2.24, 2.45) is 4.99 Å². The zero-order chi connectivity index (χ0) is 5.54. The smallest absolute Gasteiger partial charge is 0.133 e. The number of aliphatic hydroxyl groups is 1. The molecule has 0 aromatic rings. The van der Waals surface area contributed by atoms with Gasteiger partial charge >= 0.3 is 0 Å². The fourth-order valence-electron chi connectivity index (χ4n) is 0.278. The van der Waals surface area contributed by atoms with E-state index in [1.807, 2.05) is 0 Å². The third kappa shape index (κ3) is 5.63. The first-order valence-corrected chi connectivity index (χ1v) is 2.51. The molecule has 0 radical (unpaired) electrons. The van der Waals surface area contributed by atoms with Crippen molar-refractivity contribution in [3.05, 3.63) is 0 Å². The van der Waals surface area contributed by atoms with Crippen LogP contribution in [0.2, 0.25) is 0 Å². The Balaban J connectivity index is 2.78. The van der Waals surface area contributed by atoms with Crippen LogP contribution in [0, 0.1) is 0 Å². The second-order valence-corrected chi connectivity index (χ2v) is 1.30. The topological polar surface area (TPSA) is 32.6 Å². The first-order chi connectivity index (χ1) is 3.41. The molecule has 0 heterocycles. The highest BCUT2D eigenvalue weighted by molar-refractivity contribution is 5.56. The van der Waals surface area contributed by atoms with E-state index in [-0.39, 0.29) is 6.73 Å². The van der Waals surface area contributed by atoms with Crippen LogP contribution >= 0.6 is 0 Å². The second kappa shape index (κ2) is 5.63. The highest BCUT2D eigenvalue weighted by Gasteiger charge is 1.69. The summed E-state index contributed by atoms with van der Waals surface area (Å²) in [6.07, 6.45) is 3.81. The molecule has 42 valence electrons. The number of hydrogen-bond donors (Lipinski definition) is 1. The van der Waals surface area contributed by atoms with Gasteiger partial charge in [-0.1, -0.05) is 13.3 Å². The van der Waals surface area contributed by atoms with Crippen LogP contribution in [0.3, 0.4) is 0 Å². The maximum absolute atomic E-state index is 8.09. The molecule has 0 amide bonds. The summed E-state index contributed by atoms with van der Waals surface area (Å²) in [7, 11) is 0. The summed E-state index contributed by atoms with van der Waals surface area (Å²) in [6.45, 7) is 2.00. The van der Waals surface area contributed by atoms with E-state index < -0.39 is 0 Å². The summed E-state index contributed by atoms with van der Waals surface area (Å²) in [5.74, 6) is 0. The van der Waals surface area contributed by atoms with Crippen LogP contribution in [0.5, 0.6) is 0 Å². The Morgan fingerprint density at radius 1 is 1.71 bits per heavy atom. The highest BCUT2D eigenvalue weighted by atomic mass is 16.3. The van der Waals surface area contributed by atoms with Gasteiger partial charge in [0.15, 0.2) is 0 Å². The Labute approximate surface area is 43.9 Å². The van der Waals surface area contributed by atoms with Crippen molar-refractivity contribution in [3.63, 3.8) is 0 Å². The van der Waals surface area contributed by atoms with E-state index in [0.717, 1.165) is 12.8 Å². The number of rotatable bonds is 3. The second-order valence-electron chi connectivity index (χ2n) is 1.30. The summed E-state index contributed by atoms with van der Waals surface area (Å²) < 4.78 is 0. The molecule has 0 aromatic heterocycles. The largest absolute Gasteiger partial charge is 0.375 e. The molecule has 0 spiro atoms. The van der Waals surface area contributed by atoms with Gasteiger partial charge in [-0.15, -0.1) is 0 Å². The molecular formula is C5H11NO. The summed E-state index contributed by atoms with van der Waals surface area (Å²) in [5.41, 5.74) is 0. The standard InChI is InChI=1S/C5H11NO/c1-2-3-4-6-5-7/h4,7H,2-3,5H2,1H3. The number of nitrogens with zero attached hydrogens (tertiary/aromatic N) is 1. The van der Waals surface area contributed by atoms with Gasteiger partial charge in [0.2, 0.25) is 0 Å². The van der Waals surface area contributed by atoms with Crippen LogP contribution in [-0.4, -0.2) is 18.1 Å². The van der Waals surface area contributed by atoms with Crippen molar-refractivity contribution in [1.82, 2.24) is 0 Å². The lowest BCUT2D eigenvalue weighted by atomic mass is 10.4. The van der Waals surface area contributed by atoms with E-state index >= 15 is 0 Å². The number of hydrogen-bond acceptors (Lipinski definition) is 2. The predicted octanol–water partition coefficient (Wildman–Crippen LogP) is 0.807. The van der Waals surface area contributed by atoms with E-state index in [1.54, 1.807) is 6.21 Å². The lowest BCUT2D eigenvalue weighted by Crippen LogP contribution is -1.76. The van der Waals surface area contributed by atoms with E-state index in [0.29, 0.717) is 0 Å². The van der Waals surface area contributed by atoms with Gasteiger partial charge in [0.05, 0.1) is 0 Å². The van der Waals surface area contributed by atoms with Crippen LogP contribution in [0.1, 0.15) is 19.8 Å². The fraction of sp³-hybridized carbons (Fsp3) is 0.800. The van der Waals surface area contributed by atoms with Crippen LogP contribution in [-0.2, 0) is 0 Å². The minimum Gasteiger partial charge on any atom is -0.375 e. The number of aliphatic imine (C=N–C) groups is 1. The first kappa shape index (κ1) is 6.63. The molecule has 0 saturated carbocycles. The minimum absolute atomic E-state index is 0.0694. The Morgan fingerprint density at radius 2 is 2.43 bits per heavy atom. The fourth-order valence-corrected chi connectivity index (χ4v) is 0.278. The zero-order valence-electron chi connectivity index (χ0n) is 4.59. The van der Waals surface area contributed by atoms with Crippen molar-refractivity contribution in [2.45, 2.75) is 19.8 Å². The molecule has 1 N–H and O–H groups in total. The van der Waals surface area contributed by atoms with Gasteiger partial charge in [0.1, 0.15) is 6.73 Å². The van der Waals surface area contributed by atoms with Gasteiger partial charge in [0.25, 0.3) is 0 Å². The van der Waals surface area contributed by atoms with Crippen molar-refractivity contribution in [2.75, 3.05) is 6.73 Å². The van der Waals surface area contributed by atoms with Gasteiger partial charge in [-0.3, -0.25) is 4.99 Å². The number of unbranched alkanes of at least 4 members (excludes halogenated alkanes) is 1. The van der Waals surface area contributed by atoms with Crippen molar-refractivity contribution in [3.8, 4) is 0 Å². The molecule has 0 atom stereocenters. The normalized spacial score (nSPS) is 10.6. The van der Waals surface area contributed by atoms with Crippen LogP contribution < -0.4 is 0 Å². The minimum atomic E-state index is -0.0694. The molecule has 0 aliphatic heterocycles. The van der Waals surface area contributed by atoms with E-state index in [2.05, 4.69) is 11.9 Å². The molecule has 0 saturated heterocycles. The van der Waals surface area contributed by atoms with E-state index in [4.69, 9.17) is 5.11 Å². The van der Waals surface area contributed by atoms with E-state index in [9.17, 15) is 0 Å². The quantitative estimate of drug-likeness (QED) is 0.524. The van der Waals surface area contributed by atoms with Gasteiger partial charge < -0.3 is 5.11 Å². The number of aliphatic hydroxyl groups excluding tert-OH is 1. The summed E-state index contributed by atoms with van der Waals surface area (Å²) in [5, 5.41) is 8.09. The lowest BCUT2D eigenvalue weighted by Gasteiger charge is -1.79. The van der Waals surface area contributed by atoms with E-state index in [1.165, 1.54) is 0 Å². The summed E-state index contributed by atoms with van der Waals surface area (Å²) in [4.78, 5) is 3.59. The molecule has 0 aliphatic carbocycles. The van der Waals surface area contributed by atoms with Gasteiger partial charge in [-0.25, -0.2) is 0 Å². The molecule has 2 nitrogen and oxygen atoms in total. The maximum atomic E-state index is 8.09.